The number of ether oxygens (including phenoxy) is 2. The number of benzene rings is 1. The quantitative estimate of drug-likeness (QED) is 0.360. The van der Waals surface area contributed by atoms with Crippen molar-refractivity contribution in [2.75, 3.05) is 6.26 Å². The summed E-state index contributed by atoms with van der Waals surface area (Å²) in [6.07, 6.45) is 3.44. The molecule has 0 saturated carbocycles. The van der Waals surface area contributed by atoms with E-state index < -0.39 is 17.7 Å². The first kappa shape index (κ1) is 13.7. The van der Waals surface area contributed by atoms with Gasteiger partial charge in [-0.05, 0) is 30.0 Å². The Labute approximate surface area is 115 Å². The first-order valence-corrected chi connectivity index (χ1v) is 6.96. The lowest BCUT2D eigenvalue weighted by atomic mass is 10.1. The number of thioether (sulfide) groups is 1. The predicted molar refractivity (Wildman–Crippen MR) is 72.5 cm³/mol. The monoisotopic (exact) mass is 278 g/mol. The summed E-state index contributed by atoms with van der Waals surface area (Å²) >= 11 is 1.58. The number of hydrogen-bond donors (Lipinski definition) is 0. The molecule has 0 spiro atoms. The van der Waals surface area contributed by atoms with Gasteiger partial charge in [0.05, 0.1) is 0 Å². The molecule has 0 aliphatic carbocycles. The van der Waals surface area contributed by atoms with E-state index in [1.807, 2.05) is 30.5 Å². The van der Waals surface area contributed by atoms with Crippen LogP contribution in [0.2, 0.25) is 0 Å². The van der Waals surface area contributed by atoms with Crippen LogP contribution in [0, 0.1) is 0 Å². The van der Waals surface area contributed by atoms with Crippen molar-refractivity contribution in [2.24, 2.45) is 0 Å². The minimum absolute atomic E-state index is 0.0856. The van der Waals surface area contributed by atoms with Gasteiger partial charge < -0.3 is 9.47 Å². The fraction of sp³-hybridized carbons (Fsp3) is 0.286. The molecule has 0 N–H and O–H groups in total. The highest BCUT2D eigenvalue weighted by molar-refractivity contribution is 7.98. The Bertz CT molecular complexity index is 538. The molecule has 1 aliphatic rings. The van der Waals surface area contributed by atoms with E-state index in [0.29, 0.717) is 0 Å². The van der Waals surface area contributed by atoms with Crippen molar-refractivity contribution in [1.82, 2.24) is 0 Å². The molecule has 5 heteroatoms. The van der Waals surface area contributed by atoms with E-state index in [9.17, 15) is 9.59 Å². The van der Waals surface area contributed by atoms with Gasteiger partial charge in [-0.15, -0.1) is 11.8 Å². The first-order chi connectivity index (χ1) is 8.91. The van der Waals surface area contributed by atoms with Gasteiger partial charge in [0, 0.05) is 18.7 Å². The molecule has 100 valence electrons. The summed E-state index contributed by atoms with van der Waals surface area (Å²) in [7, 11) is 0. The lowest BCUT2D eigenvalue weighted by Gasteiger charge is -2.29. The predicted octanol–water partition coefficient (Wildman–Crippen LogP) is 2.63. The largest absolute Gasteiger partial charge is 0.419 e. The highest BCUT2D eigenvalue weighted by Crippen LogP contribution is 2.25. The van der Waals surface area contributed by atoms with Crippen molar-refractivity contribution < 1.29 is 19.1 Å². The molecular formula is C14H14O4S. The zero-order chi connectivity index (χ0) is 14.0. The van der Waals surface area contributed by atoms with Gasteiger partial charge in [0.25, 0.3) is 5.79 Å². The Morgan fingerprint density at radius 1 is 1.16 bits per heavy atom. The molecule has 1 fully saturated rings. The molecule has 0 atom stereocenters. The van der Waals surface area contributed by atoms with Crippen LogP contribution >= 0.6 is 11.8 Å². The van der Waals surface area contributed by atoms with Crippen molar-refractivity contribution in [1.29, 1.82) is 0 Å². The van der Waals surface area contributed by atoms with Crippen molar-refractivity contribution in [3.63, 3.8) is 0 Å². The summed E-state index contributed by atoms with van der Waals surface area (Å²) in [6.45, 7) is 3.04. The third kappa shape index (κ3) is 3.17. The fourth-order valence-corrected chi connectivity index (χ4v) is 2.15. The normalized spacial score (nSPS) is 17.7. The van der Waals surface area contributed by atoms with E-state index in [0.717, 1.165) is 10.5 Å². The molecule has 1 aromatic carbocycles. The van der Waals surface area contributed by atoms with E-state index in [1.54, 1.807) is 11.8 Å². The lowest BCUT2D eigenvalue weighted by molar-refractivity contribution is -0.222. The van der Waals surface area contributed by atoms with Crippen molar-refractivity contribution in [2.45, 2.75) is 24.5 Å². The summed E-state index contributed by atoms with van der Waals surface area (Å²) in [6, 6.07) is 7.51. The van der Waals surface area contributed by atoms with Gasteiger partial charge in [0.15, 0.2) is 0 Å². The topological polar surface area (TPSA) is 52.6 Å². The second-order valence-corrected chi connectivity index (χ2v) is 5.39. The smallest absolute Gasteiger partial charge is 0.348 e. The van der Waals surface area contributed by atoms with Gasteiger partial charge in [-0.1, -0.05) is 12.1 Å². The maximum absolute atomic E-state index is 11.8. The Kier molecular flexibility index (Phi) is 3.66. The number of rotatable bonds is 2. The van der Waals surface area contributed by atoms with Crippen molar-refractivity contribution in [3.8, 4) is 0 Å². The van der Waals surface area contributed by atoms with Crippen molar-refractivity contribution in [3.05, 3.63) is 35.4 Å². The Balaban J connectivity index is 2.32. The maximum atomic E-state index is 11.8. The first-order valence-electron chi connectivity index (χ1n) is 5.74. The highest BCUT2D eigenvalue weighted by atomic mass is 32.2. The second-order valence-electron chi connectivity index (χ2n) is 4.51. The number of hydrogen-bond acceptors (Lipinski definition) is 5. The van der Waals surface area contributed by atoms with E-state index >= 15 is 0 Å². The summed E-state index contributed by atoms with van der Waals surface area (Å²) in [4.78, 5) is 24.6. The van der Waals surface area contributed by atoms with Crippen LogP contribution in [-0.2, 0) is 19.1 Å². The Hall–Kier alpha value is -1.75. The van der Waals surface area contributed by atoms with E-state index in [1.165, 1.54) is 19.9 Å². The van der Waals surface area contributed by atoms with Crippen LogP contribution in [0.4, 0.5) is 0 Å². The summed E-state index contributed by atoms with van der Waals surface area (Å²) in [5.41, 5.74) is 0.674. The minimum atomic E-state index is -1.20. The average Bonchev–Trinajstić information content (AvgIpc) is 2.33. The molecule has 1 aliphatic heterocycles. The third-order valence-corrected chi connectivity index (χ3v) is 3.25. The molecule has 2 rings (SSSR count). The molecular weight excluding hydrogens is 264 g/mol. The van der Waals surface area contributed by atoms with Crippen molar-refractivity contribution >= 4 is 29.8 Å². The zero-order valence-corrected chi connectivity index (χ0v) is 11.7. The lowest BCUT2D eigenvalue weighted by Crippen LogP contribution is -2.41. The number of carbonyl (C=O) groups is 2. The Morgan fingerprint density at radius 3 is 2.37 bits per heavy atom. The number of cyclic esters (lactones) is 2. The summed E-state index contributed by atoms with van der Waals surface area (Å²) < 4.78 is 10.1. The molecule has 0 radical (unpaired) electrons. The van der Waals surface area contributed by atoms with E-state index in [2.05, 4.69) is 0 Å². The minimum Gasteiger partial charge on any atom is -0.419 e. The molecule has 1 saturated heterocycles. The Morgan fingerprint density at radius 2 is 1.79 bits per heavy atom. The van der Waals surface area contributed by atoms with Crippen LogP contribution in [0.5, 0.6) is 0 Å². The molecule has 0 aromatic heterocycles. The van der Waals surface area contributed by atoms with Crippen LogP contribution in [0.15, 0.2) is 34.7 Å². The standard InChI is InChI=1S/C14H14O4S/c1-14(2)17-12(15)11(13(16)18-14)8-9-5-4-6-10(7-9)19-3/h4-8H,1-3H3. The molecule has 0 amide bonds. The van der Waals surface area contributed by atoms with Crippen LogP contribution in [0.25, 0.3) is 6.08 Å². The van der Waals surface area contributed by atoms with Crippen LogP contribution < -0.4 is 0 Å². The molecule has 0 bridgehead atoms. The third-order valence-electron chi connectivity index (χ3n) is 2.52. The van der Waals surface area contributed by atoms with Crippen LogP contribution in [0.3, 0.4) is 0 Å². The van der Waals surface area contributed by atoms with Crippen LogP contribution in [0.1, 0.15) is 19.4 Å². The highest BCUT2D eigenvalue weighted by Gasteiger charge is 2.38. The molecule has 1 heterocycles. The van der Waals surface area contributed by atoms with Gasteiger partial charge >= 0.3 is 11.9 Å². The number of esters is 2. The molecule has 19 heavy (non-hydrogen) atoms. The van der Waals surface area contributed by atoms with Gasteiger partial charge in [-0.2, -0.15) is 0 Å². The van der Waals surface area contributed by atoms with Gasteiger partial charge in [-0.25, -0.2) is 9.59 Å². The molecule has 4 nitrogen and oxygen atoms in total. The molecule has 1 aromatic rings. The summed E-state index contributed by atoms with van der Waals surface area (Å²) in [5.74, 6) is -2.52. The van der Waals surface area contributed by atoms with Gasteiger partial charge in [0.1, 0.15) is 5.57 Å². The SMILES string of the molecule is CSc1cccc(C=C2C(=O)OC(C)(C)OC2=O)c1. The fourth-order valence-electron chi connectivity index (χ4n) is 1.68. The van der Waals surface area contributed by atoms with Gasteiger partial charge in [0.2, 0.25) is 0 Å². The van der Waals surface area contributed by atoms with E-state index in [-0.39, 0.29) is 5.57 Å². The van der Waals surface area contributed by atoms with E-state index in [4.69, 9.17) is 9.47 Å². The number of carbonyl (C=O) groups excluding carboxylic acids is 2. The maximum Gasteiger partial charge on any atom is 0.348 e. The molecule has 0 unspecified atom stereocenters. The van der Waals surface area contributed by atoms with Gasteiger partial charge in [-0.3, -0.25) is 0 Å². The average molecular weight is 278 g/mol. The zero-order valence-electron chi connectivity index (χ0n) is 10.9. The second kappa shape index (κ2) is 5.09. The summed E-state index contributed by atoms with van der Waals surface area (Å²) in [5, 5.41) is 0. The van der Waals surface area contributed by atoms with Crippen LogP contribution in [-0.4, -0.2) is 24.0 Å².